The average molecular weight is 569 g/mol. The van der Waals surface area contributed by atoms with Crippen LogP contribution in [0.3, 0.4) is 0 Å². The number of methoxy groups -OCH3 is 1. The van der Waals surface area contributed by atoms with E-state index < -0.39 is 5.97 Å². The van der Waals surface area contributed by atoms with Gasteiger partial charge in [0.15, 0.2) is 5.82 Å². The number of aromatic nitrogens is 3. The van der Waals surface area contributed by atoms with Gasteiger partial charge in [-0.05, 0) is 72.7 Å². The molecule has 1 atom stereocenters. The third-order valence-corrected chi connectivity index (χ3v) is 8.30. The fourth-order valence-electron chi connectivity index (χ4n) is 6.08. The van der Waals surface area contributed by atoms with E-state index in [-0.39, 0.29) is 11.4 Å². The Balaban J connectivity index is 1.19. The smallest absolute Gasteiger partial charge is 0.342 e. The van der Waals surface area contributed by atoms with Gasteiger partial charge >= 0.3 is 5.97 Å². The van der Waals surface area contributed by atoms with Gasteiger partial charge in [0.25, 0.3) is 0 Å². The van der Waals surface area contributed by atoms with Gasteiger partial charge in [0.05, 0.1) is 32.2 Å². The molecule has 0 bridgehead atoms. The number of benzene rings is 2. The number of carboxylic acids is 1. The molecule has 0 radical (unpaired) electrons. The van der Waals surface area contributed by atoms with Crippen molar-refractivity contribution in [3.05, 3.63) is 88.1 Å². The second-order valence-electron chi connectivity index (χ2n) is 11.0. The first-order valence-electron chi connectivity index (χ1n) is 14.4. The molecule has 1 fully saturated rings. The summed E-state index contributed by atoms with van der Waals surface area (Å²) in [5.74, 6) is 0.241. The fourth-order valence-corrected chi connectivity index (χ4v) is 6.08. The van der Waals surface area contributed by atoms with E-state index in [0.717, 1.165) is 62.4 Å². The SMILES string of the molecule is COc1c(C(=O)O)cnn1-c1cccc(-c2cccc(C)c2OCCc2cc(C)c3c(c2)CCN(C2CCOC2)C3)n1. The van der Waals surface area contributed by atoms with Crippen molar-refractivity contribution in [2.24, 2.45) is 0 Å². The summed E-state index contributed by atoms with van der Waals surface area (Å²) < 4.78 is 18.8. The molecule has 6 rings (SSSR count). The lowest BCUT2D eigenvalue weighted by molar-refractivity contribution is 0.0693. The molecule has 4 heterocycles. The number of rotatable bonds is 9. The van der Waals surface area contributed by atoms with Crippen LogP contribution < -0.4 is 9.47 Å². The second kappa shape index (κ2) is 12.0. The maximum Gasteiger partial charge on any atom is 0.342 e. The fraction of sp³-hybridized carbons (Fsp3) is 0.364. The van der Waals surface area contributed by atoms with Crippen LogP contribution in [-0.2, 0) is 24.1 Å². The summed E-state index contributed by atoms with van der Waals surface area (Å²) in [4.78, 5) is 19.0. The number of ether oxygens (including phenoxy) is 3. The van der Waals surface area contributed by atoms with Crippen LogP contribution in [0.25, 0.3) is 17.1 Å². The minimum Gasteiger partial charge on any atom is -0.492 e. The first kappa shape index (κ1) is 27.9. The van der Waals surface area contributed by atoms with Gasteiger partial charge in [0, 0.05) is 37.7 Å². The molecule has 9 heteroatoms. The molecule has 1 unspecified atom stereocenters. The number of aryl methyl sites for hydroxylation is 2. The van der Waals surface area contributed by atoms with E-state index in [4.69, 9.17) is 19.2 Å². The van der Waals surface area contributed by atoms with Crippen molar-refractivity contribution in [2.75, 3.05) is 33.5 Å². The molecule has 2 aromatic carbocycles. The number of para-hydroxylation sites is 1. The Morgan fingerprint density at radius 2 is 2.00 bits per heavy atom. The van der Waals surface area contributed by atoms with Gasteiger partial charge in [-0.3, -0.25) is 4.90 Å². The van der Waals surface area contributed by atoms with Crippen LogP contribution in [0.1, 0.15) is 44.6 Å². The van der Waals surface area contributed by atoms with Crippen LogP contribution >= 0.6 is 0 Å². The number of carboxylic acid groups (broad SMARTS) is 1. The van der Waals surface area contributed by atoms with Crippen molar-refractivity contribution in [3.8, 4) is 28.7 Å². The molecule has 218 valence electrons. The highest BCUT2D eigenvalue weighted by Gasteiger charge is 2.27. The van der Waals surface area contributed by atoms with Crippen molar-refractivity contribution in [1.82, 2.24) is 19.7 Å². The Labute approximate surface area is 245 Å². The van der Waals surface area contributed by atoms with Crippen LogP contribution in [0.5, 0.6) is 11.6 Å². The van der Waals surface area contributed by atoms with Crippen molar-refractivity contribution in [3.63, 3.8) is 0 Å². The minimum absolute atomic E-state index is 0.0255. The van der Waals surface area contributed by atoms with Crippen molar-refractivity contribution >= 4 is 5.97 Å². The van der Waals surface area contributed by atoms with Gasteiger partial charge in [-0.15, -0.1) is 0 Å². The van der Waals surface area contributed by atoms with Gasteiger partial charge in [0.1, 0.15) is 11.3 Å². The van der Waals surface area contributed by atoms with Crippen LogP contribution in [0, 0.1) is 13.8 Å². The Hall–Kier alpha value is -4.21. The molecule has 2 aliphatic heterocycles. The van der Waals surface area contributed by atoms with Gasteiger partial charge in [-0.2, -0.15) is 9.78 Å². The zero-order chi connectivity index (χ0) is 29.2. The zero-order valence-corrected chi connectivity index (χ0v) is 24.3. The largest absolute Gasteiger partial charge is 0.492 e. The summed E-state index contributed by atoms with van der Waals surface area (Å²) >= 11 is 0. The average Bonchev–Trinajstić information content (AvgIpc) is 3.69. The van der Waals surface area contributed by atoms with Crippen molar-refractivity contribution in [1.29, 1.82) is 0 Å². The summed E-state index contributed by atoms with van der Waals surface area (Å²) in [5, 5.41) is 13.7. The van der Waals surface area contributed by atoms with Gasteiger partial charge < -0.3 is 19.3 Å². The molecular formula is C33H36N4O5. The number of hydrogen-bond acceptors (Lipinski definition) is 7. The first-order chi connectivity index (χ1) is 20.4. The predicted octanol–water partition coefficient (Wildman–Crippen LogP) is 5.03. The number of hydrogen-bond donors (Lipinski definition) is 1. The van der Waals surface area contributed by atoms with Crippen molar-refractivity contribution < 1.29 is 24.1 Å². The molecule has 4 aromatic rings. The van der Waals surface area contributed by atoms with E-state index in [0.29, 0.717) is 24.2 Å². The summed E-state index contributed by atoms with van der Waals surface area (Å²) in [5.41, 5.74) is 8.11. The molecule has 2 aliphatic rings. The lowest BCUT2D eigenvalue weighted by Crippen LogP contribution is -2.39. The van der Waals surface area contributed by atoms with E-state index in [1.165, 1.54) is 40.2 Å². The maximum atomic E-state index is 11.6. The number of carbonyl (C=O) groups is 1. The maximum absolute atomic E-state index is 11.6. The van der Waals surface area contributed by atoms with Crippen LogP contribution in [0.15, 0.2) is 54.7 Å². The monoisotopic (exact) mass is 568 g/mol. The second-order valence-corrected chi connectivity index (χ2v) is 11.0. The van der Waals surface area contributed by atoms with E-state index in [1.54, 1.807) is 6.07 Å². The van der Waals surface area contributed by atoms with Crippen LogP contribution in [0.4, 0.5) is 0 Å². The molecule has 0 spiro atoms. The molecule has 1 saturated heterocycles. The molecule has 0 amide bonds. The molecule has 42 heavy (non-hydrogen) atoms. The van der Waals surface area contributed by atoms with E-state index in [2.05, 4.69) is 29.1 Å². The normalized spacial score (nSPS) is 16.8. The number of aromatic carboxylic acids is 1. The van der Waals surface area contributed by atoms with E-state index in [9.17, 15) is 9.90 Å². The number of pyridine rings is 1. The van der Waals surface area contributed by atoms with Gasteiger partial charge in [-0.25, -0.2) is 9.78 Å². The number of fused-ring (bicyclic) bond motifs is 1. The molecular weight excluding hydrogens is 532 g/mol. The zero-order valence-electron chi connectivity index (χ0n) is 24.3. The lowest BCUT2D eigenvalue weighted by Gasteiger charge is -2.34. The van der Waals surface area contributed by atoms with Crippen molar-refractivity contribution in [2.45, 2.75) is 45.7 Å². The van der Waals surface area contributed by atoms with Crippen LogP contribution in [0.2, 0.25) is 0 Å². The first-order valence-corrected chi connectivity index (χ1v) is 14.4. The molecule has 2 aromatic heterocycles. The quantitative estimate of drug-likeness (QED) is 0.300. The molecule has 9 nitrogen and oxygen atoms in total. The van der Waals surface area contributed by atoms with Crippen LogP contribution in [-0.4, -0.2) is 70.3 Å². The molecule has 0 saturated carbocycles. The topological polar surface area (TPSA) is 98.9 Å². The van der Waals surface area contributed by atoms with E-state index in [1.807, 2.05) is 37.3 Å². The predicted molar refractivity (Wildman–Crippen MR) is 159 cm³/mol. The van der Waals surface area contributed by atoms with Gasteiger partial charge in [-0.1, -0.05) is 30.3 Å². The Morgan fingerprint density at radius 3 is 2.79 bits per heavy atom. The Bertz CT molecular complexity index is 1610. The summed E-state index contributed by atoms with van der Waals surface area (Å²) in [6, 6.07) is 16.8. The highest BCUT2D eigenvalue weighted by Crippen LogP contribution is 2.33. The third kappa shape index (κ3) is 5.49. The standard InChI is InChI=1S/C33H36N4O5/c1-21-6-4-7-26(29-8-5-9-30(35-29)37-32(40-3)27(18-34-37)33(38)39)31(21)42-15-11-23-16-22(2)28-19-36(13-10-24(28)17-23)25-12-14-41-20-25/h4-9,16-18,25H,10-15,19-20H2,1-3H3,(H,38,39). The third-order valence-electron chi connectivity index (χ3n) is 8.30. The Kier molecular flexibility index (Phi) is 7.95. The minimum atomic E-state index is -1.11. The highest BCUT2D eigenvalue weighted by molar-refractivity contribution is 5.90. The molecule has 1 N–H and O–H groups in total. The Morgan fingerprint density at radius 1 is 1.14 bits per heavy atom. The summed E-state index contributed by atoms with van der Waals surface area (Å²) in [6.07, 6.45) is 4.27. The summed E-state index contributed by atoms with van der Waals surface area (Å²) in [7, 11) is 1.42. The number of nitrogens with zero attached hydrogens (tertiary/aromatic N) is 4. The lowest BCUT2D eigenvalue weighted by atomic mass is 9.91. The highest BCUT2D eigenvalue weighted by atomic mass is 16.5. The summed E-state index contributed by atoms with van der Waals surface area (Å²) in [6.45, 7) is 8.62. The van der Waals surface area contributed by atoms with Gasteiger partial charge in [0.2, 0.25) is 5.88 Å². The molecule has 0 aliphatic carbocycles. The van der Waals surface area contributed by atoms with E-state index >= 15 is 0 Å².